The zero-order valence-corrected chi connectivity index (χ0v) is 8.51. The van der Waals surface area contributed by atoms with Gasteiger partial charge in [-0.15, -0.1) is 0 Å². The van der Waals surface area contributed by atoms with Crippen LogP contribution in [0.1, 0.15) is 5.56 Å². The molecule has 1 rings (SSSR count). The van der Waals surface area contributed by atoms with Crippen LogP contribution in [0.25, 0.3) is 0 Å². The van der Waals surface area contributed by atoms with Crippen molar-refractivity contribution < 1.29 is 14.7 Å². The van der Waals surface area contributed by atoms with Gasteiger partial charge in [-0.05, 0) is 17.7 Å². The van der Waals surface area contributed by atoms with Crippen molar-refractivity contribution in [2.75, 3.05) is 5.73 Å². The fourth-order valence-electron chi connectivity index (χ4n) is 1.26. The van der Waals surface area contributed by atoms with E-state index < -0.39 is 18.0 Å². The van der Waals surface area contributed by atoms with Crippen LogP contribution in [0, 0.1) is 0 Å². The Morgan fingerprint density at radius 1 is 1.31 bits per heavy atom. The summed E-state index contributed by atoms with van der Waals surface area (Å²) in [5, 5.41) is 11.0. The van der Waals surface area contributed by atoms with Crippen LogP contribution in [0.5, 0.6) is 0 Å². The Balaban J connectivity index is 2.71. The molecule has 1 aromatic carbocycles. The molecule has 0 heterocycles. The number of aliphatic carboxylic acids is 1. The third-order valence-electron chi connectivity index (χ3n) is 2.03. The number of rotatable bonds is 4. The number of nitrogens with two attached hydrogens (primary N) is 2. The summed E-state index contributed by atoms with van der Waals surface area (Å²) in [4.78, 5) is 21.4. The van der Waals surface area contributed by atoms with Crippen LogP contribution in [-0.2, 0) is 11.2 Å². The molecule has 1 aromatic rings. The van der Waals surface area contributed by atoms with E-state index in [1.54, 1.807) is 24.3 Å². The first kappa shape index (κ1) is 11.8. The molecule has 6 nitrogen and oxygen atoms in total. The molecule has 0 radical (unpaired) electrons. The number of carboxylic acid groups (broad SMARTS) is 1. The maximum absolute atomic E-state index is 10.8. The van der Waals surface area contributed by atoms with Gasteiger partial charge in [-0.25, -0.2) is 9.59 Å². The van der Waals surface area contributed by atoms with Crippen molar-refractivity contribution in [2.24, 2.45) is 5.73 Å². The van der Waals surface area contributed by atoms with Gasteiger partial charge in [0, 0.05) is 12.1 Å². The number of benzene rings is 1. The second-order valence-electron chi connectivity index (χ2n) is 3.35. The number of hydrogen-bond acceptors (Lipinski definition) is 3. The Morgan fingerprint density at radius 2 is 1.88 bits per heavy atom. The molecule has 86 valence electrons. The lowest BCUT2D eigenvalue weighted by Crippen LogP contribution is -2.44. The summed E-state index contributed by atoms with van der Waals surface area (Å²) in [6.07, 6.45) is 0.165. The second-order valence-corrected chi connectivity index (χ2v) is 3.35. The van der Waals surface area contributed by atoms with Crippen LogP contribution in [-0.4, -0.2) is 23.1 Å². The van der Waals surface area contributed by atoms with Crippen LogP contribution < -0.4 is 16.8 Å². The Morgan fingerprint density at radius 3 is 2.31 bits per heavy atom. The van der Waals surface area contributed by atoms with Crippen molar-refractivity contribution in [3.63, 3.8) is 0 Å². The van der Waals surface area contributed by atoms with Gasteiger partial charge in [-0.3, -0.25) is 0 Å². The van der Waals surface area contributed by atoms with E-state index in [9.17, 15) is 9.59 Å². The average Bonchev–Trinajstić information content (AvgIpc) is 2.19. The lowest BCUT2D eigenvalue weighted by atomic mass is 10.1. The highest BCUT2D eigenvalue weighted by Crippen LogP contribution is 2.08. The van der Waals surface area contributed by atoms with Crippen molar-refractivity contribution in [3.8, 4) is 0 Å². The normalized spacial score (nSPS) is 11.8. The van der Waals surface area contributed by atoms with E-state index in [0.29, 0.717) is 5.69 Å². The first-order valence-electron chi connectivity index (χ1n) is 4.62. The molecule has 2 amide bonds. The largest absolute Gasteiger partial charge is 0.480 e. The monoisotopic (exact) mass is 223 g/mol. The predicted molar refractivity (Wildman–Crippen MR) is 58.7 cm³/mol. The van der Waals surface area contributed by atoms with Crippen LogP contribution in [0.3, 0.4) is 0 Å². The number of amides is 2. The highest BCUT2D eigenvalue weighted by molar-refractivity contribution is 5.81. The summed E-state index contributed by atoms with van der Waals surface area (Å²) < 4.78 is 0. The van der Waals surface area contributed by atoms with Gasteiger partial charge in [0.15, 0.2) is 0 Å². The standard InChI is InChI=1S/C10H13N3O3/c11-7-3-1-6(2-4-7)5-8(9(14)15)13-10(12)16/h1-4,8H,5,11H2,(H,14,15)(H3,12,13,16). The fraction of sp³-hybridized carbons (Fsp3) is 0.200. The Bertz CT molecular complexity index is 389. The Kier molecular flexibility index (Phi) is 3.71. The van der Waals surface area contributed by atoms with Gasteiger partial charge in [0.05, 0.1) is 0 Å². The van der Waals surface area contributed by atoms with E-state index in [-0.39, 0.29) is 6.42 Å². The highest BCUT2D eigenvalue weighted by Gasteiger charge is 2.18. The summed E-state index contributed by atoms with van der Waals surface area (Å²) in [5.41, 5.74) is 11.7. The number of nitrogens with one attached hydrogen (secondary N) is 1. The lowest BCUT2D eigenvalue weighted by molar-refractivity contribution is -0.139. The van der Waals surface area contributed by atoms with E-state index in [1.165, 1.54) is 0 Å². The molecule has 16 heavy (non-hydrogen) atoms. The molecule has 1 atom stereocenters. The molecule has 0 fully saturated rings. The summed E-state index contributed by atoms with van der Waals surface area (Å²) in [6, 6.07) is 4.85. The molecule has 0 aliphatic heterocycles. The molecule has 6 N–H and O–H groups in total. The van der Waals surface area contributed by atoms with Gasteiger partial charge in [-0.2, -0.15) is 0 Å². The summed E-state index contributed by atoms with van der Waals surface area (Å²) >= 11 is 0. The maximum atomic E-state index is 10.8. The minimum Gasteiger partial charge on any atom is -0.480 e. The van der Waals surface area contributed by atoms with E-state index in [4.69, 9.17) is 16.6 Å². The molecule has 0 aliphatic rings. The van der Waals surface area contributed by atoms with Gasteiger partial charge in [0.25, 0.3) is 0 Å². The third kappa shape index (κ3) is 3.49. The topological polar surface area (TPSA) is 118 Å². The van der Waals surface area contributed by atoms with Crippen LogP contribution >= 0.6 is 0 Å². The van der Waals surface area contributed by atoms with Crippen molar-refractivity contribution >= 4 is 17.7 Å². The average molecular weight is 223 g/mol. The zero-order valence-electron chi connectivity index (χ0n) is 8.51. The van der Waals surface area contributed by atoms with Crippen molar-refractivity contribution in [3.05, 3.63) is 29.8 Å². The third-order valence-corrected chi connectivity index (χ3v) is 2.03. The number of carbonyl (C=O) groups is 2. The van der Waals surface area contributed by atoms with Gasteiger partial charge in [-0.1, -0.05) is 12.1 Å². The molecule has 0 saturated heterocycles. The first-order valence-corrected chi connectivity index (χ1v) is 4.62. The Labute approximate surface area is 92.2 Å². The lowest BCUT2D eigenvalue weighted by Gasteiger charge is -2.12. The van der Waals surface area contributed by atoms with E-state index in [2.05, 4.69) is 5.32 Å². The molecular weight excluding hydrogens is 210 g/mol. The number of primary amides is 1. The number of anilines is 1. The number of urea groups is 1. The molecule has 0 bridgehead atoms. The molecule has 0 aliphatic carbocycles. The van der Waals surface area contributed by atoms with Crippen molar-refractivity contribution in [2.45, 2.75) is 12.5 Å². The minimum absolute atomic E-state index is 0.165. The molecule has 1 unspecified atom stereocenters. The SMILES string of the molecule is NC(=O)NC(Cc1ccc(N)cc1)C(=O)O. The predicted octanol–water partition coefficient (Wildman–Crippen LogP) is -0.0672. The van der Waals surface area contributed by atoms with Crippen LogP contribution in [0.2, 0.25) is 0 Å². The second kappa shape index (κ2) is 5.01. The smallest absolute Gasteiger partial charge is 0.326 e. The molecule has 6 heteroatoms. The summed E-state index contributed by atoms with van der Waals surface area (Å²) in [6.45, 7) is 0. The van der Waals surface area contributed by atoms with Gasteiger partial charge in [0.1, 0.15) is 6.04 Å². The molecular formula is C10H13N3O3. The van der Waals surface area contributed by atoms with Crippen LogP contribution in [0.4, 0.5) is 10.5 Å². The number of nitrogen functional groups attached to an aromatic ring is 1. The van der Waals surface area contributed by atoms with E-state index >= 15 is 0 Å². The van der Waals surface area contributed by atoms with Gasteiger partial charge >= 0.3 is 12.0 Å². The fourth-order valence-corrected chi connectivity index (χ4v) is 1.26. The van der Waals surface area contributed by atoms with E-state index in [0.717, 1.165) is 5.56 Å². The molecule has 0 spiro atoms. The number of carbonyl (C=O) groups excluding carboxylic acids is 1. The minimum atomic E-state index is -1.13. The van der Waals surface area contributed by atoms with Gasteiger partial charge in [0.2, 0.25) is 0 Å². The molecule has 0 aromatic heterocycles. The quantitative estimate of drug-likeness (QED) is 0.534. The van der Waals surface area contributed by atoms with Crippen molar-refractivity contribution in [1.29, 1.82) is 0 Å². The zero-order chi connectivity index (χ0) is 12.1. The first-order chi connectivity index (χ1) is 7.49. The Hall–Kier alpha value is -2.24. The number of hydrogen-bond donors (Lipinski definition) is 4. The number of carboxylic acids is 1. The highest BCUT2D eigenvalue weighted by atomic mass is 16.4. The van der Waals surface area contributed by atoms with Crippen LogP contribution in [0.15, 0.2) is 24.3 Å². The van der Waals surface area contributed by atoms with Crippen molar-refractivity contribution in [1.82, 2.24) is 5.32 Å². The van der Waals surface area contributed by atoms with E-state index in [1.807, 2.05) is 0 Å². The summed E-state index contributed by atoms with van der Waals surface area (Å²) in [5.74, 6) is -1.13. The van der Waals surface area contributed by atoms with Gasteiger partial charge < -0.3 is 21.9 Å². The maximum Gasteiger partial charge on any atom is 0.326 e. The molecule has 0 saturated carbocycles. The summed E-state index contributed by atoms with van der Waals surface area (Å²) in [7, 11) is 0.